The average molecular weight is 293 g/mol. The van der Waals surface area contributed by atoms with Gasteiger partial charge in [0, 0.05) is 6.04 Å². The molecule has 1 saturated carbocycles. The van der Waals surface area contributed by atoms with Gasteiger partial charge in [0.2, 0.25) is 0 Å². The Morgan fingerprint density at radius 3 is 2.80 bits per heavy atom. The summed E-state index contributed by atoms with van der Waals surface area (Å²) in [6.07, 6.45) is 1.97. The van der Waals surface area contributed by atoms with Crippen LogP contribution in [0.5, 0.6) is 0 Å². The number of carbonyl (C=O) groups is 1. The fourth-order valence-electron chi connectivity index (χ4n) is 1.99. The van der Waals surface area contributed by atoms with Gasteiger partial charge in [-0.2, -0.15) is 0 Å². The summed E-state index contributed by atoms with van der Waals surface area (Å²) in [5.41, 5.74) is 0.397. The number of nitrogens with zero attached hydrogens (tertiary/aromatic N) is 3. The van der Waals surface area contributed by atoms with E-state index in [1.54, 1.807) is 18.2 Å². The highest BCUT2D eigenvalue weighted by molar-refractivity contribution is 7.99. The normalized spacial score (nSPS) is 14.4. The lowest BCUT2D eigenvalue weighted by atomic mass is 10.2. The van der Waals surface area contributed by atoms with Gasteiger partial charge in [0.05, 0.1) is 11.3 Å². The first kappa shape index (κ1) is 13.1. The third-order valence-corrected chi connectivity index (χ3v) is 3.94. The Hall–Kier alpha value is -1.89. The number of rotatable bonds is 5. The average Bonchev–Trinajstić information content (AvgIpc) is 3.17. The van der Waals surface area contributed by atoms with Crippen molar-refractivity contribution in [3.8, 4) is 11.4 Å². The largest absolute Gasteiger partial charge is 0.481 e. The van der Waals surface area contributed by atoms with Gasteiger partial charge in [-0.3, -0.25) is 9.36 Å². The number of aromatic nitrogens is 3. The predicted molar refractivity (Wildman–Crippen MR) is 72.0 cm³/mol. The second-order valence-electron chi connectivity index (χ2n) is 4.57. The fourth-order valence-corrected chi connectivity index (χ4v) is 2.72. The van der Waals surface area contributed by atoms with Crippen LogP contribution in [0.4, 0.5) is 4.39 Å². The van der Waals surface area contributed by atoms with E-state index < -0.39 is 5.97 Å². The molecule has 0 aliphatic heterocycles. The van der Waals surface area contributed by atoms with Crippen molar-refractivity contribution < 1.29 is 14.3 Å². The Kier molecular flexibility index (Phi) is 3.43. The van der Waals surface area contributed by atoms with E-state index in [1.807, 2.05) is 4.57 Å². The maximum absolute atomic E-state index is 13.9. The van der Waals surface area contributed by atoms with E-state index in [0.717, 1.165) is 24.6 Å². The number of carboxylic acids is 1. The van der Waals surface area contributed by atoms with Crippen LogP contribution in [0.1, 0.15) is 18.9 Å². The number of carboxylic acid groups (broad SMARTS) is 1. The molecule has 1 heterocycles. The van der Waals surface area contributed by atoms with E-state index in [1.165, 1.54) is 6.07 Å². The summed E-state index contributed by atoms with van der Waals surface area (Å²) in [6, 6.07) is 6.65. The summed E-state index contributed by atoms with van der Waals surface area (Å²) < 4.78 is 15.7. The van der Waals surface area contributed by atoms with Crippen LogP contribution in [0.2, 0.25) is 0 Å². The Morgan fingerprint density at radius 2 is 2.15 bits per heavy atom. The van der Waals surface area contributed by atoms with Gasteiger partial charge >= 0.3 is 5.97 Å². The van der Waals surface area contributed by atoms with Crippen molar-refractivity contribution >= 4 is 17.7 Å². The van der Waals surface area contributed by atoms with Crippen LogP contribution < -0.4 is 0 Å². The van der Waals surface area contributed by atoms with Crippen LogP contribution in [-0.2, 0) is 4.79 Å². The summed E-state index contributed by atoms with van der Waals surface area (Å²) in [5, 5.41) is 17.3. The molecule has 1 aliphatic carbocycles. The minimum Gasteiger partial charge on any atom is -0.481 e. The van der Waals surface area contributed by atoms with E-state index >= 15 is 0 Å². The van der Waals surface area contributed by atoms with Gasteiger partial charge in [-0.1, -0.05) is 23.9 Å². The standard InChI is InChI=1S/C13H12FN3O2S/c14-10-4-2-1-3-9(10)12-15-16-13(20-7-11(18)19)17(12)8-5-6-8/h1-4,8H,5-7H2,(H,18,19). The molecule has 0 saturated heterocycles. The number of hydrogen-bond donors (Lipinski definition) is 1. The molecule has 0 radical (unpaired) electrons. The molecular formula is C13H12FN3O2S. The van der Waals surface area contributed by atoms with Crippen LogP contribution in [0.25, 0.3) is 11.4 Å². The first-order valence-corrected chi connectivity index (χ1v) is 7.20. The number of halogens is 1. The first-order valence-electron chi connectivity index (χ1n) is 6.21. The Morgan fingerprint density at radius 1 is 1.40 bits per heavy atom. The van der Waals surface area contributed by atoms with Crippen LogP contribution in [-0.4, -0.2) is 31.6 Å². The lowest BCUT2D eigenvalue weighted by molar-refractivity contribution is -0.133. The van der Waals surface area contributed by atoms with Crippen LogP contribution in [0.3, 0.4) is 0 Å². The lowest BCUT2D eigenvalue weighted by Gasteiger charge is -2.08. The molecule has 1 aliphatic rings. The summed E-state index contributed by atoms with van der Waals surface area (Å²) in [4.78, 5) is 10.7. The summed E-state index contributed by atoms with van der Waals surface area (Å²) in [5.74, 6) is -0.870. The van der Waals surface area contributed by atoms with Gasteiger partial charge in [-0.25, -0.2) is 4.39 Å². The van der Waals surface area contributed by atoms with Gasteiger partial charge < -0.3 is 5.11 Å². The molecule has 0 atom stereocenters. The molecule has 1 aromatic heterocycles. The molecule has 0 bridgehead atoms. The molecule has 0 amide bonds. The summed E-state index contributed by atoms with van der Waals surface area (Å²) >= 11 is 1.11. The van der Waals surface area contributed by atoms with Gasteiger partial charge in [0.25, 0.3) is 0 Å². The molecule has 2 aromatic rings. The van der Waals surface area contributed by atoms with Crippen molar-refractivity contribution in [2.24, 2.45) is 0 Å². The van der Waals surface area contributed by atoms with Crippen molar-refractivity contribution in [3.05, 3.63) is 30.1 Å². The smallest absolute Gasteiger partial charge is 0.313 e. The number of hydrogen-bond acceptors (Lipinski definition) is 4. The minimum absolute atomic E-state index is 0.0812. The van der Waals surface area contributed by atoms with E-state index in [2.05, 4.69) is 10.2 Å². The topological polar surface area (TPSA) is 68.0 Å². The zero-order valence-corrected chi connectivity index (χ0v) is 11.3. The zero-order valence-electron chi connectivity index (χ0n) is 10.5. The van der Waals surface area contributed by atoms with Crippen molar-refractivity contribution in [1.29, 1.82) is 0 Å². The molecule has 1 N–H and O–H groups in total. The van der Waals surface area contributed by atoms with Crippen LogP contribution in [0.15, 0.2) is 29.4 Å². The minimum atomic E-state index is -0.909. The summed E-state index contributed by atoms with van der Waals surface area (Å²) in [6.45, 7) is 0. The highest BCUT2D eigenvalue weighted by Crippen LogP contribution is 2.41. The number of thioether (sulfide) groups is 1. The quantitative estimate of drug-likeness (QED) is 0.858. The van der Waals surface area contributed by atoms with E-state index in [-0.39, 0.29) is 17.6 Å². The molecule has 20 heavy (non-hydrogen) atoms. The van der Waals surface area contributed by atoms with Crippen molar-refractivity contribution in [1.82, 2.24) is 14.8 Å². The van der Waals surface area contributed by atoms with E-state index in [4.69, 9.17) is 5.11 Å². The van der Waals surface area contributed by atoms with E-state index in [0.29, 0.717) is 16.5 Å². The summed E-state index contributed by atoms with van der Waals surface area (Å²) in [7, 11) is 0. The molecule has 1 aromatic carbocycles. The molecule has 0 spiro atoms. The highest BCUT2D eigenvalue weighted by atomic mass is 32.2. The van der Waals surface area contributed by atoms with Gasteiger partial charge in [0.1, 0.15) is 5.82 Å². The molecule has 0 unspecified atom stereocenters. The highest BCUT2D eigenvalue weighted by Gasteiger charge is 2.31. The number of aliphatic carboxylic acids is 1. The van der Waals surface area contributed by atoms with Crippen LogP contribution >= 0.6 is 11.8 Å². The first-order chi connectivity index (χ1) is 9.66. The lowest BCUT2D eigenvalue weighted by Crippen LogP contribution is -2.03. The molecule has 7 heteroatoms. The predicted octanol–water partition coefficient (Wildman–Crippen LogP) is 2.60. The fraction of sp³-hybridized carbons (Fsp3) is 0.308. The molecule has 104 valence electrons. The Labute approximate surface area is 118 Å². The zero-order chi connectivity index (χ0) is 14.1. The monoisotopic (exact) mass is 293 g/mol. The van der Waals surface area contributed by atoms with Crippen molar-refractivity contribution in [2.75, 3.05) is 5.75 Å². The SMILES string of the molecule is O=C(O)CSc1nnc(-c2ccccc2F)n1C1CC1. The molecule has 5 nitrogen and oxygen atoms in total. The van der Waals surface area contributed by atoms with Crippen molar-refractivity contribution in [2.45, 2.75) is 24.0 Å². The van der Waals surface area contributed by atoms with Gasteiger partial charge in [-0.05, 0) is 25.0 Å². The second kappa shape index (κ2) is 5.24. The maximum atomic E-state index is 13.9. The van der Waals surface area contributed by atoms with Gasteiger partial charge in [-0.15, -0.1) is 10.2 Å². The third-order valence-electron chi connectivity index (χ3n) is 3.02. The molecular weight excluding hydrogens is 281 g/mol. The third kappa shape index (κ3) is 2.53. The van der Waals surface area contributed by atoms with Gasteiger partial charge in [0.15, 0.2) is 11.0 Å². The second-order valence-corrected chi connectivity index (χ2v) is 5.51. The Bertz CT molecular complexity index is 655. The number of benzene rings is 1. The van der Waals surface area contributed by atoms with E-state index in [9.17, 15) is 9.18 Å². The Balaban J connectivity index is 1.99. The molecule has 3 rings (SSSR count). The maximum Gasteiger partial charge on any atom is 0.313 e. The van der Waals surface area contributed by atoms with Crippen LogP contribution in [0, 0.1) is 5.82 Å². The van der Waals surface area contributed by atoms with Crippen molar-refractivity contribution in [3.63, 3.8) is 0 Å². The molecule has 1 fully saturated rings.